The van der Waals surface area contributed by atoms with E-state index in [2.05, 4.69) is 69.3 Å². The molecule has 6 rings (SSSR count). The van der Waals surface area contributed by atoms with Crippen LogP contribution in [0, 0.1) is 11.8 Å². The molecule has 0 amide bonds. The molecule has 4 aromatic rings. The van der Waals surface area contributed by atoms with Gasteiger partial charge in [0.15, 0.2) is 0 Å². The van der Waals surface area contributed by atoms with Crippen LogP contribution in [0.5, 0.6) is 11.5 Å². The summed E-state index contributed by atoms with van der Waals surface area (Å²) < 4.78 is 19.5. The summed E-state index contributed by atoms with van der Waals surface area (Å²) in [6, 6.07) is 25.0. The van der Waals surface area contributed by atoms with Gasteiger partial charge in [-0.25, -0.2) is 0 Å². The second-order valence-electron chi connectivity index (χ2n) is 10.6. The van der Waals surface area contributed by atoms with E-state index in [-0.39, 0.29) is 5.60 Å². The highest BCUT2D eigenvalue weighted by molar-refractivity contribution is 5.85. The van der Waals surface area contributed by atoms with Crippen molar-refractivity contribution < 1.29 is 13.9 Å². The van der Waals surface area contributed by atoms with Crippen molar-refractivity contribution in [1.29, 1.82) is 0 Å². The second-order valence-corrected chi connectivity index (χ2v) is 10.6. The van der Waals surface area contributed by atoms with Crippen molar-refractivity contribution in [3.63, 3.8) is 0 Å². The Labute approximate surface area is 201 Å². The van der Waals surface area contributed by atoms with Crippen molar-refractivity contribution in [3.05, 3.63) is 83.9 Å². The van der Waals surface area contributed by atoms with Crippen molar-refractivity contribution >= 4 is 11.0 Å². The molecule has 2 heterocycles. The van der Waals surface area contributed by atoms with E-state index in [0.717, 1.165) is 39.4 Å². The van der Waals surface area contributed by atoms with Crippen LogP contribution in [-0.4, -0.2) is 5.60 Å². The quantitative estimate of drug-likeness (QED) is 0.312. The molecule has 3 heteroatoms. The maximum atomic E-state index is 6.81. The summed E-state index contributed by atoms with van der Waals surface area (Å²) in [4.78, 5) is 0. The number of ether oxygens (including phenoxy) is 2. The summed E-state index contributed by atoms with van der Waals surface area (Å²) in [6.07, 6.45) is 3.66. The minimum Gasteiger partial charge on any atom is -0.489 e. The molecule has 0 bridgehead atoms. The van der Waals surface area contributed by atoms with Gasteiger partial charge in [0.1, 0.15) is 35.1 Å². The summed E-state index contributed by atoms with van der Waals surface area (Å²) in [5.74, 6) is 4.35. The lowest BCUT2D eigenvalue weighted by molar-refractivity contribution is -0.0133. The minimum absolute atomic E-state index is 0.217. The topological polar surface area (TPSA) is 31.6 Å². The van der Waals surface area contributed by atoms with Crippen LogP contribution in [0.15, 0.2) is 77.2 Å². The Morgan fingerprint density at radius 3 is 2.56 bits per heavy atom. The van der Waals surface area contributed by atoms with Crippen molar-refractivity contribution in [2.45, 2.75) is 58.2 Å². The average molecular weight is 453 g/mol. The van der Waals surface area contributed by atoms with Gasteiger partial charge in [0.25, 0.3) is 0 Å². The standard InChI is InChI=1S/C31H32O3/c1-20-13-14-27-24(15-20)25-17-23(32-19-21-9-5-4-6-10-21)18-26(30(25)34-31(27,2)3)29-16-22-11-7-8-12-28(22)33-29/h4-12,16-18,20,24,27H,13-15,19H2,1-3H3/t20-,24+,27-/m0/s1. The molecule has 0 N–H and O–H groups in total. The predicted molar refractivity (Wildman–Crippen MR) is 136 cm³/mol. The third-order valence-electron chi connectivity index (χ3n) is 7.80. The van der Waals surface area contributed by atoms with E-state index < -0.39 is 0 Å². The number of rotatable bonds is 4. The molecule has 174 valence electrons. The molecule has 3 aromatic carbocycles. The molecule has 0 radical (unpaired) electrons. The molecule has 0 saturated heterocycles. The van der Waals surface area contributed by atoms with Crippen LogP contribution in [0.2, 0.25) is 0 Å². The summed E-state index contributed by atoms with van der Waals surface area (Å²) in [7, 11) is 0. The van der Waals surface area contributed by atoms with E-state index in [1.807, 2.05) is 24.3 Å². The van der Waals surface area contributed by atoms with Gasteiger partial charge in [0, 0.05) is 16.9 Å². The third kappa shape index (κ3) is 3.77. The zero-order valence-corrected chi connectivity index (χ0v) is 20.2. The molecule has 3 atom stereocenters. The predicted octanol–water partition coefficient (Wildman–Crippen LogP) is 8.37. The number of hydrogen-bond donors (Lipinski definition) is 0. The molecule has 34 heavy (non-hydrogen) atoms. The largest absolute Gasteiger partial charge is 0.489 e. The van der Waals surface area contributed by atoms with Crippen LogP contribution in [0.4, 0.5) is 0 Å². The van der Waals surface area contributed by atoms with E-state index in [1.54, 1.807) is 0 Å². The first-order chi connectivity index (χ1) is 16.5. The molecule has 0 unspecified atom stereocenters. The normalized spacial score (nSPS) is 23.1. The van der Waals surface area contributed by atoms with E-state index in [0.29, 0.717) is 24.4 Å². The monoisotopic (exact) mass is 452 g/mol. The molecular formula is C31H32O3. The first kappa shape index (κ1) is 21.3. The first-order valence-electron chi connectivity index (χ1n) is 12.5. The molecule has 3 nitrogen and oxygen atoms in total. The van der Waals surface area contributed by atoms with Crippen LogP contribution in [0.3, 0.4) is 0 Å². The lowest BCUT2D eigenvalue weighted by atomic mass is 9.64. The Balaban J connectivity index is 1.48. The Bertz CT molecular complexity index is 1280. The lowest BCUT2D eigenvalue weighted by Gasteiger charge is -2.49. The van der Waals surface area contributed by atoms with E-state index in [4.69, 9.17) is 13.9 Å². The Morgan fingerprint density at radius 2 is 1.74 bits per heavy atom. The maximum Gasteiger partial charge on any atom is 0.139 e. The molecular weight excluding hydrogens is 420 g/mol. The lowest BCUT2D eigenvalue weighted by Crippen LogP contribution is -2.46. The minimum atomic E-state index is -0.217. The fraction of sp³-hybridized carbons (Fsp3) is 0.355. The zero-order chi connectivity index (χ0) is 23.3. The summed E-state index contributed by atoms with van der Waals surface area (Å²) >= 11 is 0. The molecule has 1 fully saturated rings. The number of furan rings is 1. The SMILES string of the molecule is C[C@H]1CC[C@H]2[C@H](C1)c1cc(OCc3ccccc3)cc(-c3cc4ccccc4o3)c1OC2(C)C. The first-order valence-corrected chi connectivity index (χ1v) is 12.5. The van der Waals surface area contributed by atoms with Crippen LogP contribution in [-0.2, 0) is 6.61 Å². The van der Waals surface area contributed by atoms with E-state index in [1.165, 1.54) is 24.8 Å². The highest BCUT2D eigenvalue weighted by Gasteiger charge is 2.47. The van der Waals surface area contributed by atoms with Gasteiger partial charge in [-0.1, -0.05) is 61.9 Å². The highest BCUT2D eigenvalue weighted by Crippen LogP contribution is 2.56. The fourth-order valence-corrected chi connectivity index (χ4v) is 6.03. The number of fused-ring (bicyclic) bond motifs is 4. The van der Waals surface area contributed by atoms with Gasteiger partial charge in [-0.3, -0.25) is 0 Å². The van der Waals surface area contributed by atoms with Crippen molar-refractivity contribution in [2.24, 2.45) is 11.8 Å². The Hall–Kier alpha value is -3.20. The van der Waals surface area contributed by atoms with Gasteiger partial charge < -0.3 is 13.9 Å². The van der Waals surface area contributed by atoms with Gasteiger partial charge in [0.2, 0.25) is 0 Å². The smallest absolute Gasteiger partial charge is 0.139 e. The third-order valence-corrected chi connectivity index (χ3v) is 7.80. The van der Waals surface area contributed by atoms with Gasteiger partial charge in [-0.15, -0.1) is 0 Å². The van der Waals surface area contributed by atoms with Crippen molar-refractivity contribution in [2.75, 3.05) is 0 Å². The number of para-hydroxylation sites is 1. The van der Waals surface area contributed by atoms with E-state index in [9.17, 15) is 0 Å². The van der Waals surface area contributed by atoms with Gasteiger partial charge in [-0.05, 0) is 68.4 Å². The van der Waals surface area contributed by atoms with Gasteiger partial charge >= 0.3 is 0 Å². The molecule has 1 aromatic heterocycles. The second kappa shape index (κ2) is 8.23. The molecule has 1 aliphatic carbocycles. The van der Waals surface area contributed by atoms with Crippen LogP contribution in [0.25, 0.3) is 22.3 Å². The highest BCUT2D eigenvalue weighted by atomic mass is 16.5. The summed E-state index contributed by atoms with van der Waals surface area (Å²) in [6.45, 7) is 7.43. The van der Waals surface area contributed by atoms with E-state index >= 15 is 0 Å². The molecule has 0 spiro atoms. The molecule has 1 aliphatic heterocycles. The van der Waals surface area contributed by atoms with Crippen molar-refractivity contribution in [3.8, 4) is 22.8 Å². The summed E-state index contributed by atoms with van der Waals surface area (Å²) in [5.41, 5.74) is 4.09. The summed E-state index contributed by atoms with van der Waals surface area (Å²) in [5, 5.41) is 1.10. The van der Waals surface area contributed by atoms with Gasteiger partial charge in [-0.2, -0.15) is 0 Å². The van der Waals surface area contributed by atoms with Crippen LogP contribution >= 0.6 is 0 Å². The van der Waals surface area contributed by atoms with Gasteiger partial charge in [0.05, 0.1) is 5.56 Å². The molecule has 1 saturated carbocycles. The zero-order valence-electron chi connectivity index (χ0n) is 20.2. The number of hydrogen-bond acceptors (Lipinski definition) is 3. The maximum absolute atomic E-state index is 6.81. The van der Waals surface area contributed by atoms with Crippen LogP contribution in [0.1, 0.15) is 57.1 Å². The molecule has 2 aliphatic rings. The van der Waals surface area contributed by atoms with Crippen molar-refractivity contribution in [1.82, 2.24) is 0 Å². The van der Waals surface area contributed by atoms with Crippen LogP contribution < -0.4 is 9.47 Å². The number of benzene rings is 3. The Morgan fingerprint density at radius 1 is 0.941 bits per heavy atom. The fourth-order valence-electron chi connectivity index (χ4n) is 6.03. The Kier molecular flexibility index (Phi) is 5.17. The average Bonchev–Trinajstić information content (AvgIpc) is 3.27.